The van der Waals surface area contributed by atoms with Crippen molar-refractivity contribution in [2.45, 2.75) is 51.8 Å². The third kappa shape index (κ3) is 4.46. The van der Waals surface area contributed by atoms with Gasteiger partial charge in [-0.15, -0.1) is 0 Å². The molecule has 0 amide bonds. The smallest absolute Gasteiger partial charge is 0.0943 e. The normalized spacial score (nSPS) is 15.3. The van der Waals surface area contributed by atoms with Gasteiger partial charge in [0.05, 0.1) is 12.7 Å². The molecule has 0 aliphatic carbocycles. The number of hydrogen-bond donors (Lipinski definition) is 3. The fourth-order valence-corrected chi connectivity index (χ4v) is 2.15. The van der Waals surface area contributed by atoms with Gasteiger partial charge in [0.15, 0.2) is 0 Å². The van der Waals surface area contributed by atoms with Crippen LogP contribution in [0.5, 0.6) is 0 Å². The predicted octanol–water partition coefficient (Wildman–Crippen LogP) is 2.82. The van der Waals surface area contributed by atoms with Crippen LogP contribution in [0.2, 0.25) is 5.02 Å². The molecule has 4 heteroatoms. The molecular formula is C15H24ClNO2. The van der Waals surface area contributed by atoms with Gasteiger partial charge >= 0.3 is 0 Å². The summed E-state index contributed by atoms with van der Waals surface area (Å²) in [6.45, 7) is 7.78. The van der Waals surface area contributed by atoms with Gasteiger partial charge in [0, 0.05) is 16.6 Å². The molecule has 0 fully saturated rings. The average Bonchev–Trinajstić information content (AvgIpc) is 2.38. The first kappa shape index (κ1) is 16.4. The molecule has 19 heavy (non-hydrogen) atoms. The summed E-state index contributed by atoms with van der Waals surface area (Å²) in [5, 5.41) is 23.8. The fraction of sp³-hybridized carbons (Fsp3) is 0.600. The van der Waals surface area contributed by atoms with Crippen molar-refractivity contribution < 1.29 is 10.2 Å². The summed E-state index contributed by atoms with van der Waals surface area (Å²) in [5.74, 6) is 0. The van der Waals surface area contributed by atoms with Gasteiger partial charge in [-0.2, -0.15) is 0 Å². The Hall–Kier alpha value is -0.610. The van der Waals surface area contributed by atoms with Crippen molar-refractivity contribution in [2.75, 3.05) is 6.61 Å². The highest BCUT2D eigenvalue weighted by Gasteiger charge is 2.26. The maximum absolute atomic E-state index is 10.5. The fourth-order valence-electron chi connectivity index (χ4n) is 2.04. The molecule has 1 aromatic rings. The van der Waals surface area contributed by atoms with Gasteiger partial charge in [-0.05, 0) is 44.4 Å². The van der Waals surface area contributed by atoms with Crippen molar-refractivity contribution in [2.24, 2.45) is 0 Å². The molecule has 2 unspecified atom stereocenters. The van der Waals surface area contributed by atoms with Crippen LogP contribution in [0.3, 0.4) is 0 Å². The average molecular weight is 286 g/mol. The van der Waals surface area contributed by atoms with Crippen LogP contribution in [0.15, 0.2) is 18.2 Å². The molecule has 108 valence electrons. The minimum absolute atomic E-state index is 0.0237. The Balaban J connectivity index is 2.89. The minimum atomic E-state index is -0.619. The predicted molar refractivity (Wildman–Crippen MR) is 79.5 cm³/mol. The molecule has 0 saturated heterocycles. The van der Waals surface area contributed by atoms with Crippen molar-refractivity contribution in [1.82, 2.24) is 5.32 Å². The summed E-state index contributed by atoms with van der Waals surface area (Å²) < 4.78 is 0. The first-order chi connectivity index (χ1) is 8.80. The summed E-state index contributed by atoms with van der Waals surface area (Å²) in [6.07, 6.45) is 0.151. The third-order valence-corrected chi connectivity index (χ3v) is 3.74. The van der Waals surface area contributed by atoms with Gasteiger partial charge in [-0.25, -0.2) is 0 Å². The number of hydrogen-bond acceptors (Lipinski definition) is 3. The Kier molecular flexibility index (Phi) is 5.81. The molecule has 1 rings (SSSR count). The van der Waals surface area contributed by atoms with E-state index < -0.39 is 11.6 Å². The highest BCUT2D eigenvalue weighted by atomic mass is 35.5. The van der Waals surface area contributed by atoms with Crippen molar-refractivity contribution in [3.63, 3.8) is 0 Å². The second-order valence-corrected chi connectivity index (χ2v) is 6.06. The molecule has 0 heterocycles. The van der Waals surface area contributed by atoms with Gasteiger partial charge in [0.2, 0.25) is 0 Å². The Morgan fingerprint density at radius 2 is 2.00 bits per heavy atom. The standard InChI is InChI=1S/C15H24ClNO2/c1-5-13(17-15(3,4)9-18)14(19)11-6-7-12(16)10(2)8-11/h6-8,13-14,17-19H,5,9H2,1-4H3. The highest BCUT2D eigenvalue weighted by molar-refractivity contribution is 6.31. The number of aryl methyl sites for hydroxylation is 1. The zero-order chi connectivity index (χ0) is 14.6. The van der Waals surface area contributed by atoms with Gasteiger partial charge in [0.1, 0.15) is 0 Å². The number of nitrogens with one attached hydrogen (secondary N) is 1. The Labute approximate surface area is 120 Å². The number of aliphatic hydroxyl groups excluding tert-OH is 2. The van der Waals surface area contributed by atoms with Crippen LogP contribution >= 0.6 is 11.6 Å². The van der Waals surface area contributed by atoms with Crippen LogP contribution in [-0.4, -0.2) is 28.4 Å². The van der Waals surface area contributed by atoms with E-state index in [9.17, 15) is 10.2 Å². The van der Waals surface area contributed by atoms with Gasteiger partial charge in [-0.1, -0.05) is 30.7 Å². The molecule has 0 saturated carbocycles. The Morgan fingerprint density at radius 1 is 1.37 bits per heavy atom. The molecule has 1 aromatic carbocycles. The van der Waals surface area contributed by atoms with E-state index >= 15 is 0 Å². The largest absolute Gasteiger partial charge is 0.394 e. The zero-order valence-electron chi connectivity index (χ0n) is 12.1. The lowest BCUT2D eigenvalue weighted by Gasteiger charge is -2.32. The SMILES string of the molecule is CCC(NC(C)(C)CO)C(O)c1ccc(Cl)c(C)c1. The van der Waals surface area contributed by atoms with Crippen molar-refractivity contribution >= 4 is 11.6 Å². The number of benzene rings is 1. The van der Waals surface area contributed by atoms with E-state index in [-0.39, 0.29) is 12.6 Å². The zero-order valence-corrected chi connectivity index (χ0v) is 12.8. The highest BCUT2D eigenvalue weighted by Crippen LogP contribution is 2.25. The number of aliphatic hydroxyl groups is 2. The second kappa shape index (κ2) is 6.71. The lowest BCUT2D eigenvalue weighted by atomic mass is 9.95. The molecule has 2 atom stereocenters. The van der Waals surface area contributed by atoms with E-state index in [1.807, 2.05) is 39.8 Å². The van der Waals surface area contributed by atoms with E-state index in [1.54, 1.807) is 6.07 Å². The van der Waals surface area contributed by atoms with Gasteiger partial charge in [-0.3, -0.25) is 0 Å². The van der Waals surface area contributed by atoms with Crippen LogP contribution < -0.4 is 5.32 Å². The van der Waals surface area contributed by atoms with Crippen LogP contribution in [-0.2, 0) is 0 Å². The van der Waals surface area contributed by atoms with Crippen molar-refractivity contribution in [3.8, 4) is 0 Å². The Morgan fingerprint density at radius 3 is 2.47 bits per heavy atom. The molecule has 0 aromatic heterocycles. The molecule has 0 aliphatic rings. The minimum Gasteiger partial charge on any atom is -0.394 e. The van der Waals surface area contributed by atoms with Gasteiger partial charge < -0.3 is 15.5 Å². The maximum atomic E-state index is 10.5. The van der Waals surface area contributed by atoms with E-state index in [2.05, 4.69) is 5.32 Å². The summed E-state index contributed by atoms with van der Waals surface area (Å²) in [6, 6.07) is 5.45. The third-order valence-electron chi connectivity index (χ3n) is 3.32. The summed E-state index contributed by atoms with van der Waals surface area (Å²) in [4.78, 5) is 0. The first-order valence-corrected chi connectivity index (χ1v) is 7.01. The summed E-state index contributed by atoms with van der Waals surface area (Å²) >= 11 is 6.00. The number of halogens is 1. The molecule has 3 N–H and O–H groups in total. The van der Waals surface area contributed by atoms with Gasteiger partial charge in [0.25, 0.3) is 0 Å². The topological polar surface area (TPSA) is 52.5 Å². The van der Waals surface area contributed by atoms with E-state index in [4.69, 9.17) is 11.6 Å². The van der Waals surface area contributed by atoms with E-state index in [0.717, 1.165) is 17.5 Å². The molecule has 0 bridgehead atoms. The van der Waals surface area contributed by atoms with E-state index in [1.165, 1.54) is 0 Å². The van der Waals surface area contributed by atoms with Crippen LogP contribution in [0.4, 0.5) is 0 Å². The lowest BCUT2D eigenvalue weighted by Crippen LogP contribution is -2.50. The quantitative estimate of drug-likeness (QED) is 0.753. The number of rotatable bonds is 6. The summed E-state index contributed by atoms with van der Waals surface area (Å²) in [7, 11) is 0. The van der Waals surface area contributed by atoms with Crippen LogP contribution in [0, 0.1) is 6.92 Å². The maximum Gasteiger partial charge on any atom is 0.0943 e. The first-order valence-electron chi connectivity index (χ1n) is 6.63. The lowest BCUT2D eigenvalue weighted by molar-refractivity contribution is 0.0898. The van der Waals surface area contributed by atoms with E-state index in [0.29, 0.717) is 5.02 Å². The Bertz CT molecular complexity index is 421. The van der Waals surface area contributed by atoms with Crippen molar-refractivity contribution in [1.29, 1.82) is 0 Å². The monoisotopic (exact) mass is 285 g/mol. The molecule has 0 aliphatic heterocycles. The van der Waals surface area contributed by atoms with Crippen LogP contribution in [0.25, 0.3) is 0 Å². The van der Waals surface area contributed by atoms with Crippen LogP contribution in [0.1, 0.15) is 44.4 Å². The van der Waals surface area contributed by atoms with Crippen molar-refractivity contribution in [3.05, 3.63) is 34.3 Å². The molecular weight excluding hydrogens is 262 g/mol. The molecule has 3 nitrogen and oxygen atoms in total. The summed E-state index contributed by atoms with van der Waals surface area (Å²) in [5.41, 5.74) is 1.38. The molecule has 0 radical (unpaired) electrons. The second-order valence-electron chi connectivity index (χ2n) is 5.65. The molecule has 0 spiro atoms.